The molecule has 0 radical (unpaired) electrons. The summed E-state index contributed by atoms with van der Waals surface area (Å²) in [6.45, 7) is 2.93. The summed E-state index contributed by atoms with van der Waals surface area (Å²) < 4.78 is 8.14. The van der Waals surface area contributed by atoms with Gasteiger partial charge in [0.1, 0.15) is 0 Å². The Bertz CT molecular complexity index is 453. The monoisotopic (exact) mass is 387 g/mol. The first-order valence-corrected chi connectivity index (χ1v) is 8.58. The van der Waals surface area contributed by atoms with Crippen LogP contribution in [0.2, 0.25) is 0 Å². The highest BCUT2D eigenvalue weighted by molar-refractivity contribution is 9.11. The van der Waals surface area contributed by atoms with E-state index >= 15 is 0 Å². The summed E-state index contributed by atoms with van der Waals surface area (Å²) in [5.41, 5.74) is 1.57. The zero-order valence-corrected chi connectivity index (χ0v) is 14.3. The Hall–Kier alpha value is -0.0600. The zero-order valence-electron chi connectivity index (χ0n) is 11.1. The van der Waals surface area contributed by atoms with Gasteiger partial charge in [-0.2, -0.15) is 0 Å². The number of anilines is 1. The van der Waals surface area contributed by atoms with Gasteiger partial charge >= 0.3 is 0 Å². The molecule has 1 aromatic rings. The van der Waals surface area contributed by atoms with Crippen LogP contribution in [0.4, 0.5) is 5.69 Å². The zero-order chi connectivity index (χ0) is 13.5. The molecule has 0 aromatic heterocycles. The largest absolute Gasteiger partial charge is 0.380 e. The molecular formula is C15H19Br2NO. The van der Waals surface area contributed by atoms with Gasteiger partial charge in [0, 0.05) is 27.0 Å². The lowest BCUT2D eigenvalue weighted by Crippen LogP contribution is -2.64. The first kappa shape index (κ1) is 13.9. The average Bonchev–Trinajstić information content (AvgIpc) is 2.29. The van der Waals surface area contributed by atoms with E-state index in [1.807, 2.05) is 6.07 Å². The number of hydrogen-bond acceptors (Lipinski definition) is 2. The van der Waals surface area contributed by atoms with Crippen molar-refractivity contribution in [3.63, 3.8) is 0 Å². The highest BCUT2D eigenvalue weighted by Crippen LogP contribution is 2.58. The Morgan fingerprint density at radius 3 is 2.53 bits per heavy atom. The number of para-hydroxylation sites is 1. The van der Waals surface area contributed by atoms with E-state index < -0.39 is 0 Å². The third-order valence-corrected chi connectivity index (χ3v) is 6.04. The molecule has 2 unspecified atom stereocenters. The molecule has 0 aliphatic heterocycles. The maximum Gasteiger partial charge on any atom is 0.0670 e. The van der Waals surface area contributed by atoms with Crippen LogP contribution < -0.4 is 5.32 Å². The summed E-state index contributed by atoms with van der Waals surface area (Å²) in [5, 5.41) is 3.72. The first-order valence-electron chi connectivity index (χ1n) is 6.99. The van der Waals surface area contributed by atoms with Gasteiger partial charge < -0.3 is 10.1 Å². The van der Waals surface area contributed by atoms with Gasteiger partial charge in [-0.25, -0.2) is 0 Å². The van der Waals surface area contributed by atoms with Crippen LogP contribution in [-0.2, 0) is 4.74 Å². The summed E-state index contributed by atoms with van der Waals surface area (Å²) in [4.78, 5) is 0. The van der Waals surface area contributed by atoms with Crippen LogP contribution in [0.5, 0.6) is 0 Å². The molecule has 2 aliphatic carbocycles. The average molecular weight is 389 g/mol. The SMILES string of the molecule is CCOC1CC(Nc2c(Br)cccc2Br)C12CCC2. The summed E-state index contributed by atoms with van der Waals surface area (Å²) in [5.74, 6) is 0. The lowest BCUT2D eigenvalue weighted by Gasteiger charge is -2.61. The Labute approximate surface area is 131 Å². The molecule has 0 saturated heterocycles. The lowest BCUT2D eigenvalue weighted by atomic mass is 9.51. The summed E-state index contributed by atoms with van der Waals surface area (Å²) in [6.07, 6.45) is 5.54. The van der Waals surface area contributed by atoms with Crippen molar-refractivity contribution in [3.8, 4) is 0 Å². The smallest absolute Gasteiger partial charge is 0.0670 e. The van der Waals surface area contributed by atoms with Crippen molar-refractivity contribution >= 4 is 37.5 Å². The van der Waals surface area contributed by atoms with Crippen molar-refractivity contribution in [1.29, 1.82) is 0 Å². The standard InChI is InChI=1S/C15H19Br2NO/c1-2-19-13-9-12(15(13)7-4-8-15)18-14-10(16)5-3-6-11(14)17/h3,5-6,12-13,18H,2,4,7-9H2,1H3. The van der Waals surface area contributed by atoms with E-state index in [1.165, 1.54) is 24.9 Å². The molecule has 4 heteroatoms. The van der Waals surface area contributed by atoms with E-state index in [1.54, 1.807) is 0 Å². The Morgan fingerprint density at radius 1 is 1.32 bits per heavy atom. The van der Waals surface area contributed by atoms with Crippen molar-refractivity contribution in [2.75, 3.05) is 11.9 Å². The van der Waals surface area contributed by atoms with Crippen LogP contribution in [-0.4, -0.2) is 18.8 Å². The number of nitrogens with one attached hydrogen (secondary N) is 1. The van der Waals surface area contributed by atoms with E-state index in [0.29, 0.717) is 17.6 Å². The number of halogens is 2. The van der Waals surface area contributed by atoms with Crippen molar-refractivity contribution in [2.24, 2.45) is 5.41 Å². The molecule has 0 bridgehead atoms. The van der Waals surface area contributed by atoms with Crippen molar-refractivity contribution in [1.82, 2.24) is 0 Å². The second-order valence-corrected chi connectivity index (χ2v) is 7.27. The van der Waals surface area contributed by atoms with Gasteiger partial charge in [0.05, 0.1) is 11.8 Å². The van der Waals surface area contributed by atoms with Gasteiger partial charge in [0.2, 0.25) is 0 Å². The fraction of sp³-hybridized carbons (Fsp3) is 0.600. The molecule has 2 nitrogen and oxygen atoms in total. The second-order valence-electron chi connectivity index (χ2n) is 5.56. The van der Waals surface area contributed by atoms with Gasteiger partial charge in [-0.05, 0) is 70.2 Å². The van der Waals surface area contributed by atoms with E-state index in [-0.39, 0.29) is 0 Å². The minimum absolute atomic E-state index is 0.394. The fourth-order valence-corrected chi connectivity index (χ4v) is 4.68. The number of benzene rings is 1. The molecule has 19 heavy (non-hydrogen) atoms. The Balaban J connectivity index is 1.75. The topological polar surface area (TPSA) is 21.3 Å². The fourth-order valence-electron chi connectivity index (χ4n) is 3.45. The van der Waals surface area contributed by atoms with Crippen LogP contribution in [0, 0.1) is 5.41 Å². The molecule has 2 fully saturated rings. The van der Waals surface area contributed by atoms with Gasteiger partial charge in [0.15, 0.2) is 0 Å². The summed E-state index contributed by atoms with van der Waals surface area (Å²) in [7, 11) is 0. The Kier molecular flexibility index (Phi) is 3.93. The molecule has 2 aliphatic rings. The summed E-state index contributed by atoms with van der Waals surface area (Å²) in [6, 6.07) is 6.76. The molecule has 1 aromatic carbocycles. The molecule has 0 heterocycles. The number of ether oxygens (including phenoxy) is 1. The molecular weight excluding hydrogens is 370 g/mol. The summed E-state index contributed by atoms with van der Waals surface area (Å²) >= 11 is 7.26. The van der Waals surface area contributed by atoms with E-state index in [2.05, 4.69) is 56.2 Å². The Morgan fingerprint density at radius 2 is 2.00 bits per heavy atom. The molecule has 1 spiro atoms. The van der Waals surface area contributed by atoms with Crippen molar-refractivity contribution < 1.29 is 4.74 Å². The van der Waals surface area contributed by atoms with Crippen LogP contribution >= 0.6 is 31.9 Å². The maximum atomic E-state index is 5.90. The van der Waals surface area contributed by atoms with Gasteiger partial charge in [-0.15, -0.1) is 0 Å². The molecule has 2 saturated carbocycles. The predicted molar refractivity (Wildman–Crippen MR) is 85.6 cm³/mol. The molecule has 3 rings (SSSR count). The second kappa shape index (κ2) is 5.38. The van der Waals surface area contributed by atoms with E-state index in [9.17, 15) is 0 Å². The lowest BCUT2D eigenvalue weighted by molar-refractivity contribution is -0.157. The minimum atomic E-state index is 0.394. The van der Waals surface area contributed by atoms with Gasteiger partial charge in [0.25, 0.3) is 0 Å². The van der Waals surface area contributed by atoms with Crippen molar-refractivity contribution in [3.05, 3.63) is 27.1 Å². The first-order chi connectivity index (χ1) is 9.17. The highest BCUT2D eigenvalue weighted by atomic mass is 79.9. The van der Waals surface area contributed by atoms with Crippen LogP contribution in [0.15, 0.2) is 27.1 Å². The number of hydrogen-bond donors (Lipinski definition) is 1. The van der Waals surface area contributed by atoms with Gasteiger partial charge in [-0.1, -0.05) is 12.5 Å². The molecule has 0 amide bonds. The quantitative estimate of drug-likeness (QED) is 0.785. The van der Waals surface area contributed by atoms with Crippen LogP contribution in [0.1, 0.15) is 32.6 Å². The predicted octanol–water partition coefficient (Wildman–Crippen LogP) is 4.97. The van der Waals surface area contributed by atoms with Crippen LogP contribution in [0.25, 0.3) is 0 Å². The highest BCUT2D eigenvalue weighted by Gasteiger charge is 2.59. The third-order valence-electron chi connectivity index (χ3n) is 4.72. The molecule has 2 atom stereocenters. The normalized spacial score (nSPS) is 27.7. The third kappa shape index (κ3) is 2.26. The van der Waals surface area contributed by atoms with Crippen LogP contribution in [0.3, 0.4) is 0 Å². The van der Waals surface area contributed by atoms with Gasteiger partial charge in [-0.3, -0.25) is 0 Å². The van der Waals surface area contributed by atoms with E-state index in [0.717, 1.165) is 22.0 Å². The molecule has 104 valence electrons. The minimum Gasteiger partial charge on any atom is -0.380 e. The molecule has 1 N–H and O–H groups in total. The number of rotatable bonds is 4. The van der Waals surface area contributed by atoms with Crippen molar-refractivity contribution in [2.45, 2.75) is 44.8 Å². The maximum absolute atomic E-state index is 5.90. The van der Waals surface area contributed by atoms with E-state index in [4.69, 9.17) is 4.74 Å².